The van der Waals surface area contributed by atoms with Crippen molar-refractivity contribution >= 4 is 11.9 Å². The van der Waals surface area contributed by atoms with Crippen LogP contribution < -0.4 is 10.2 Å². The summed E-state index contributed by atoms with van der Waals surface area (Å²) in [6, 6.07) is 0. The van der Waals surface area contributed by atoms with E-state index < -0.39 is 0 Å². The molecule has 0 saturated carbocycles. The van der Waals surface area contributed by atoms with Crippen LogP contribution >= 0.6 is 0 Å². The number of piperidine rings is 1. The largest absolute Gasteiger partial charge is 0.354 e. The first-order chi connectivity index (χ1) is 9.86. The van der Waals surface area contributed by atoms with Gasteiger partial charge in [0.1, 0.15) is 6.33 Å². The second-order valence-electron chi connectivity index (χ2n) is 4.81. The van der Waals surface area contributed by atoms with Crippen LogP contribution in [0.15, 0.2) is 18.7 Å². The van der Waals surface area contributed by atoms with Crippen LogP contribution in [0.2, 0.25) is 0 Å². The van der Waals surface area contributed by atoms with Crippen molar-refractivity contribution in [2.24, 2.45) is 0 Å². The molecule has 3 heterocycles. The third-order valence-corrected chi connectivity index (χ3v) is 3.32. The fourth-order valence-electron chi connectivity index (χ4n) is 2.32. The fraction of sp³-hybridized carbons (Fsp3) is 0.538. The predicted octanol–water partition coefficient (Wildman–Crippen LogP) is 1.48. The smallest absolute Gasteiger partial charge is 0.241 e. The fourth-order valence-corrected chi connectivity index (χ4v) is 2.32. The van der Waals surface area contributed by atoms with E-state index in [1.165, 1.54) is 19.3 Å². The van der Waals surface area contributed by atoms with Crippen molar-refractivity contribution in [3.63, 3.8) is 0 Å². The maximum absolute atomic E-state index is 4.57. The van der Waals surface area contributed by atoms with Crippen LogP contribution in [0.1, 0.15) is 26.2 Å². The Morgan fingerprint density at radius 1 is 1.10 bits per heavy atom. The zero-order valence-electron chi connectivity index (χ0n) is 11.7. The second-order valence-corrected chi connectivity index (χ2v) is 4.81. The minimum Gasteiger partial charge on any atom is -0.354 e. The average Bonchev–Trinajstić information content (AvgIpc) is 3.02. The van der Waals surface area contributed by atoms with Crippen LogP contribution in [0, 0.1) is 0 Å². The van der Waals surface area contributed by atoms with E-state index >= 15 is 0 Å². The van der Waals surface area contributed by atoms with Gasteiger partial charge in [0, 0.05) is 32.0 Å². The molecule has 0 spiro atoms. The molecule has 0 radical (unpaired) electrons. The molecule has 0 amide bonds. The molecular formula is C13H19N7. The monoisotopic (exact) mass is 273 g/mol. The first kappa shape index (κ1) is 12.8. The van der Waals surface area contributed by atoms with Crippen LogP contribution in [-0.2, 0) is 0 Å². The number of aromatic nitrogens is 5. The van der Waals surface area contributed by atoms with Crippen molar-refractivity contribution in [2.75, 3.05) is 29.9 Å². The Balaban J connectivity index is 1.95. The van der Waals surface area contributed by atoms with E-state index in [-0.39, 0.29) is 0 Å². The number of rotatable bonds is 4. The molecule has 0 bridgehead atoms. The molecule has 2 aromatic heterocycles. The summed E-state index contributed by atoms with van der Waals surface area (Å²) in [5.41, 5.74) is 0. The zero-order valence-corrected chi connectivity index (χ0v) is 11.7. The minimum absolute atomic E-state index is 0.606. The Kier molecular flexibility index (Phi) is 3.76. The summed E-state index contributed by atoms with van der Waals surface area (Å²) >= 11 is 0. The average molecular weight is 273 g/mol. The summed E-state index contributed by atoms with van der Waals surface area (Å²) in [5, 5.41) is 3.17. The Bertz CT molecular complexity index is 546. The van der Waals surface area contributed by atoms with Crippen molar-refractivity contribution in [1.82, 2.24) is 24.5 Å². The highest BCUT2D eigenvalue weighted by molar-refractivity contribution is 5.40. The standard InChI is InChI=1S/C13H19N7/c1-2-15-11-16-12(19-7-4-3-5-8-19)18-13(17-11)20-9-6-14-10-20/h6,9-10H,2-5,7-8H2,1H3,(H,15,16,17,18). The molecule has 2 aromatic rings. The van der Waals surface area contributed by atoms with E-state index in [0.717, 1.165) is 25.6 Å². The lowest BCUT2D eigenvalue weighted by molar-refractivity contribution is 0.567. The third-order valence-electron chi connectivity index (χ3n) is 3.32. The van der Waals surface area contributed by atoms with Crippen molar-refractivity contribution in [1.29, 1.82) is 0 Å². The van der Waals surface area contributed by atoms with E-state index in [1.54, 1.807) is 17.1 Å². The number of anilines is 2. The molecule has 1 saturated heterocycles. The highest BCUT2D eigenvalue weighted by Gasteiger charge is 2.16. The van der Waals surface area contributed by atoms with Gasteiger partial charge in [0.15, 0.2) is 0 Å². The van der Waals surface area contributed by atoms with E-state index in [0.29, 0.717) is 11.9 Å². The Morgan fingerprint density at radius 2 is 1.90 bits per heavy atom. The van der Waals surface area contributed by atoms with Crippen LogP contribution in [0.25, 0.3) is 5.95 Å². The molecule has 1 aliphatic rings. The van der Waals surface area contributed by atoms with Gasteiger partial charge in [-0.05, 0) is 26.2 Å². The Labute approximate surface area is 118 Å². The molecule has 7 heteroatoms. The van der Waals surface area contributed by atoms with Gasteiger partial charge >= 0.3 is 0 Å². The molecular weight excluding hydrogens is 254 g/mol. The van der Waals surface area contributed by atoms with Gasteiger partial charge in [-0.1, -0.05) is 0 Å². The van der Waals surface area contributed by atoms with Crippen molar-refractivity contribution in [3.8, 4) is 5.95 Å². The first-order valence-corrected chi connectivity index (χ1v) is 7.10. The summed E-state index contributed by atoms with van der Waals surface area (Å²) < 4.78 is 1.80. The zero-order chi connectivity index (χ0) is 13.8. The molecule has 1 aliphatic heterocycles. The minimum atomic E-state index is 0.606. The molecule has 0 atom stereocenters. The van der Waals surface area contributed by atoms with Gasteiger partial charge in [-0.2, -0.15) is 15.0 Å². The maximum atomic E-state index is 4.57. The first-order valence-electron chi connectivity index (χ1n) is 7.10. The van der Waals surface area contributed by atoms with Crippen molar-refractivity contribution < 1.29 is 0 Å². The van der Waals surface area contributed by atoms with Crippen LogP contribution in [0.4, 0.5) is 11.9 Å². The maximum Gasteiger partial charge on any atom is 0.241 e. The van der Waals surface area contributed by atoms with Gasteiger partial charge in [-0.3, -0.25) is 4.57 Å². The normalized spacial score (nSPS) is 15.3. The number of imidazole rings is 1. The topological polar surface area (TPSA) is 71.8 Å². The molecule has 106 valence electrons. The number of nitrogens with one attached hydrogen (secondary N) is 1. The van der Waals surface area contributed by atoms with E-state index in [9.17, 15) is 0 Å². The van der Waals surface area contributed by atoms with Gasteiger partial charge in [-0.15, -0.1) is 0 Å². The van der Waals surface area contributed by atoms with Crippen molar-refractivity contribution in [3.05, 3.63) is 18.7 Å². The van der Waals surface area contributed by atoms with Crippen molar-refractivity contribution in [2.45, 2.75) is 26.2 Å². The van der Waals surface area contributed by atoms with E-state index in [1.807, 2.05) is 13.1 Å². The highest BCUT2D eigenvalue weighted by atomic mass is 15.3. The second kappa shape index (κ2) is 5.85. The molecule has 20 heavy (non-hydrogen) atoms. The van der Waals surface area contributed by atoms with Crippen LogP contribution in [0.3, 0.4) is 0 Å². The summed E-state index contributed by atoms with van der Waals surface area (Å²) in [6.07, 6.45) is 8.94. The Hall–Kier alpha value is -2.18. The molecule has 0 aromatic carbocycles. The van der Waals surface area contributed by atoms with Gasteiger partial charge in [0.05, 0.1) is 0 Å². The van der Waals surface area contributed by atoms with E-state index in [2.05, 4.69) is 30.2 Å². The third kappa shape index (κ3) is 2.71. The molecule has 0 aliphatic carbocycles. The van der Waals surface area contributed by atoms with Gasteiger partial charge < -0.3 is 10.2 Å². The summed E-state index contributed by atoms with van der Waals surface area (Å²) in [6.45, 7) is 4.84. The van der Waals surface area contributed by atoms with Gasteiger partial charge in [0.25, 0.3) is 0 Å². The number of nitrogens with zero attached hydrogens (tertiary/aromatic N) is 6. The Morgan fingerprint density at radius 3 is 2.60 bits per heavy atom. The molecule has 7 nitrogen and oxygen atoms in total. The van der Waals surface area contributed by atoms with Crippen LogP contribution in [0.5, 0.6) is 0 Å². The van der Waals surface area contributed by atoms with Crippen LogP contribution in [-0.4, -0.2) is 44.1 Å². The summed E-state index contributed by atoms with van der Waals surface area (Å²) in [5.74, 6) is 1.97. The lowest BCUT2D eigenvalue weighted by atomic mass is 10.1. The number of hydrogen-bond donors (Lipinski definition) is 1. The summed E-state index contributed by atoms with van der Waals surface area (Å²) in [4.78, 5) is 19.8. The molecule has 1 fully saturated rings. The van der Waals surface area contributed by atoms with Gasteiger partial charge in [-0.25, -0.2) is 4.98 Å². The molecule has 3 rings (SSSR count). The molecule has 0 unspecified atom stereocenters. The lowest BCUT2D eigenvalue weighted by Crippen LogP contribution is -2.31. The predicted molar refractivity (Wildman–Crippen MR) is 77.2 cm³/mol. The SMILES string of the molecule is CCNc1nc(N2CCCCC2)nc(-n2ccnc2)n1. The number of hydrogen-bond acceptors (Lipinski definition) is 6. The highest BCUT2D eigenvalue weighted by Crippen LogP contribution is 2.18. The summed E-state index contributed by atoms with van der Waals surface area (Å²) in [7, 11) is 0. The quantitative estimate of drug-likeness (QED) is 0.909. The lowest BCUT2D eigenvalue weighted by Gasteiger charge is -2.26. The molecule has 1 N–H and O–H groups in total. The van der Waals surface area contributed by atoms with E-state index in [4.69, 9.17) is 0 Å². The van der Waals surface area contributed by atoms with Gasteiger partial charge in [0.2, 0.25) is 17.8 Å².